The van der Waals surface area contributed by atoms with Gasteiger partial charge in [-0.3, -0.25) is 4.79 Å². The van der Waals surface area contributed by atoms with Crippen molar-refractivity contribution in [1.29, 1.82) is 0 Å². The van der Waals surface area contributed by atoms with Gasteiger partial charge in [0.1, 0.15) is 11.9 Å². The Bertz CT molecular complexity index is 437. The molecule has 1 heterocycles. The lowest BCUT2D eigenvalue weighted by atomic mass is 10.1. The highest BCUT2D eigenvalue weighted by Crippen LogP contribution is 2.34. The van der Waals surface area contributed by atoms with Crippen LogP contribution in [-0.4, -0.2) is 25.7 Å². The van der Waals surface area contributed by atoms with Crippen molar-refractivity contribution in [2.45, 2.75) is 13.0 Å². The summed E-state index contributed by atoms with van der Waals surface area (Å²) in [5, 5.41) is 0. The van der Waals surface area contributed by atoms with Crippen LogP contribution in [0.4, 0.5) is 10.1 Å². The van der Waals surface area contributed by atoms with Gasteiger partial charge in [0.15, 0.2) is 0 Å². The molecule has 2 rings (SSSR count). The molecule has 0 aliphatic carbocycles. The second-order valence-electron chi connectivity index (χ2n) is 3.87. The number of hydrogen-bond acceptors (Lipinski definition) is 3. The van der Waals surface area contributed by atoms with Gasteiger partial charge in [0.25, 0.3) is 0 Å². The second-order valence-corrected chi connectivity index (χ2v) is 3.87. The highest BCUT2D eigenvalue weighted by Gasteiger charge is 2.34. The van der Waals surface area contributed by atoms with Crippen LogP contribution in [0.2, 0.25) is 0 Å². The Morgan fingerprint density at radius 3 is 3.00 bits per heavy atom. The number of rotatable bonds is 4. The molecule has 92 valence electrons. The summed E-state index contributed by atoms with van der Waals surface area (Å²) in [6, 6.07) is 3.47. The van der Waals surface area contributed by atoms with E-state index >= 15 is 0 Å². The number of carbonyl (C=O) groups is 1. The zero-order valence-electron chi connectivity index (χ0n) is 9.65. The average molecular weight is 238 g/mol. The molecule has 0 fully saturated rings. The van der Waals surface area contributed by atoms with Gasteiger partial charge in [-0.05, 0) is 25.1 Å². The molecule has 0 aromatic heterocycles. The quantitative estimate of drug-likeness (QED) is 0.802. The smallest absolute Gasteiger partial charge is 0.248 e. The molecule has 4 nitrogen and oxygen atoms in total. The van der Waals surface area contributed by atoms with Crippen LogP contribution in [0.25, 0.3) is 0 Å². The molecule has 0 saturated heterocycles. The van der Waals surface area contributed by atoms with E-state index in [9.17, 15) is 9.18 Å². The van der Waals surface area contributed by atoms with Crippen molar-refractivity contribution in [2.75, 3.05) is 24.7 Å². The van der Waals surface area contributed by atoms with Crippen molar-refractivity contribution >= 4 is 11.6 Å². The summed E-state index contributed by atoms with van der Waals surface area (Å²) in [6.45, 7) is 3.38. The first-order valence-corrected chi connectivity index (χ1v) is 5.59. The first-order chi connectivity index (χ1) is 8.15. The van der Waals surface area contributed by atoms with Gasteiger partial charge in [-0.1, -0.05) is 0 Å². The molecule has 1 aliphatic rings. The molecular weight excluding hydrogens is 223 g/mol. The standard InChI is InChI=1S/C12H15FN2O2/c1-2-17-6-5-15-10-4-3-8(13)7-9(10)11(14)12(15)16/h3-4,7,11H,2,5-6,14H2,1H3. The number of nitrogens with two attached hydrogens (primary N) is 1. The Labute approximate surface area is 99.2 Å². The van der Waals surface area contributed by atoms with Gasteiger partial charge >= 0.3 is 0 Å². The number of fused-ring (bicyclic) bond motifs is 1. The maximum absolute atomic E-state index is 13.1. The molecule has 1 aromatic carbocycles. The van der Waals surface area contributed by atoms with E-state index in [4.69, 9.17) is 10.5 Å². The molecule has 2 N–H and O–H groups in total. The molecule has 1 amide bonds. The molecule has 1 aromatic rings. The van der Waals surface area contributed by atoms with E-state index in [1.165, 1.54) is 12.1 Å². The van der Waals surface area contributed by atoms with Gasteiger partial charge in [0.05, 0.1) is 6.61 Å². The minimum absolute atomic E-state index is 0.203. The van der Waals surface area contributed by atoms with Crippen molar-refractivity contribution in [3.63, 3.8) is 0 Å². The average Bonchev–Trinajstić information content (AvgIpc) is 2.54. The third kappa shape index (κ3) is 2.16. The molecule has 1 atom stereocenters. The second kappa shape index (κ2) is 4.81. The van der Waals surface area contributed by atoms with Crippen LogP contribution < -0.4 is 10.6 Å². The summed E-state index contributed by atoms with van der Waals surface area (Å²) in [4.78, 5) is 13.4. The van der Waals surface area contributed by atoms with E-state index in [1.807, 2.05) is 6.92 Å². The maximum atomic E-state index is 13.1. The number of nitrogens with zero attached hydrogens (tertiary/aromatic N) is 1. The largest absolute Gasteiger partial charge is 0.380 e. The molecule has 17 heavy (non-hydrogen) atoms. The minimum Gasteiger partial charge on any atom is -0.380 e. The first kappa shape index (κ1) is 12.0. The number of amides is 1. The molecule has 1 unspecified atom stereocenters. The predicted molar refractivity (Wildman–Crippen MR) is 62.2 cm³/mol. The van der Waals surface area contributed by atoms with E-state index in [0.29, 0.717) is 31.0 Å². The topological polar surface area (TPSA) is 55.6 Å². The Morgan fingerprint density at radius 1 is 1.53 bits per heavy atom. The molecule has 0 radical (unpaired) electrons. The number of halogens is 1. The van der Waals surface area contributed by atoms with E-state index in [-0.39, 0.29) is 11.7 Å². The molecule has 0 bridgehead atoms. The lowest BCUT2D eigenvalue weighted by molar-refractivity contribution is -0.119. The predicted octanol–water partition coefficient (Wildman–Crippen LogP) is 1.21. The fraction of sp³-hybridized carbons (Fsp3) is 0.417. The molecule has 1 aliphatic heterocycles. The third-order valence-electron chi connectivity index (χ3n) is 2.81. The molecule has 5 heteroatoms. The summed E-state index contributed by atoms with van der Waals surface area (Å²) >= 11 is 0. The molecule has 0 spiro atoms. The van der Waals surface area contributed by atoms with Crippen LogP contribution in [0.15, 0.2) is 18.2 Å². The summed E-state index contributed by atoms with van der Waals surface area (Å²) in [5.41, 5.74) is 6.99. The van der Waals surface area contributed by atoms with Crippen molar-refractivity contribution in [3.05, 3.63) is 29.6 Å². The van der Waals surface area contributed by atoms with Gasteiger partial charge in [-0.25, -0.2) is 4.39 Å². The summed E-state index contributed by atoms with van der Waals surface area (Å²) < 4.78 is 18.3. The number of carbonyl (C=O) groups excluding carboxylic acids is 1. The Balaban J connectivity index is 2.22. The highest BCUT2D eigenvalue weighted by atomic mass is 19.1. The van der Waals surface area contributed by atoms with E-state index in [2.05, 4.69) is 0 Å². The number of benzene rings is 1. The summed E-state index contributed by atoms with van der Waals surface area (Å²) in [5.74, 6) is -0.580. The minimum atomic E-state index is -0.762. The fourth-order valence-corrected chi connectivity index (χ4v) is 1.97. The van der Waals surface area contributed by atoms with Crippen LogP contribution in [0, 0.1) is 5.82 Å². The van der Waals surface area contributed by atoms with Crippen molar-refractivity contribution < 1.29 is 13.9 Å². The fourth-order valence-electron chi connectivity index (χ4n) is 1.97. The Kier molecular flexibility index (Phi) is 3.40. The zero-order valence-corrected chi connectivity index (χ0v) is 9.65. The third-order valence-corrected chi connectivity index (χ3v) is 2.81. The van der Waals surface area contributed by atoms with E-state index in [1.54, 1.807) is 11.0 Å². The maximum Gasteiger partial charge on any atom is 0.248 e. The van der Waals surface area contributed by atoms with Crippen LogP contribution >= 0.6 is 0 Å². The lowest BCUT2D eigenvalue weighted by Crippen LogP contribution is -2.34. The van der Waals surface area contributed by atoms with E-state index < -0.39 is 6.04 Å². The normalized spacial score (nSPS) is 18.6. The molecule has 0 saturated carbocycles. The van der Waals surface area contributed by atoms with Crippen LogP contribution in [-0.2, 0) is 9.53 Å². The van der Waals surface area contributed by atoms with Gasteiger partial charge in [0.2, 0.25) is 5.91 Å². The van der Waals surface area contributed by atoms with Gasteiger partial charge in [-0.15, -0.1) is 0 Å². The SMILES string of the molecule is CCOCCN1C(=O)C(N)c2cc(F)ccc21. The summed E-state index contributed by atoms with van der Waals surface area (Å²) in [6.07, 6.45) is 0. The number of anilines is 1. The van der Waals surface area contributed by atoms with Crippen LogP contribution in [0.3, 0.4) is 0 Å². The number of ether oxygens (including phenoxy) is 1. The van der Waals surface area contributed by atoms with Crippen LogP contribution in [0.5, 0.6) is 0 Å². The van der Waals surface area contributed by atoms with Crippen molar-refractivity contribution in [3.8, 4) is 0 Å². The number of hydrogen-bond donors (Lipinski definition) is 1. The molecular formula is C12H15FN2O2. The summed E-state index contributed by atoms with van der Waals surface area (Å²) in [7, 11) is 0. The van der Waals surface area contributed by atoms with Crippen molar-refractivity contribution in [1.82, 2.24) is 0 Å². The first-order valence-electron chi connectivity index (χ1n) is 5.59. The Morgan fingerprint density at radius 2 is 2.29 bits per heavy atom. The van der Waals surface area contributed by atoms with Crippen LogP contribution in [0.1, 0.15) is 18.5 Å². The van der Waals surface area contributed by atoms with Crippen molar-refractivity contribution in [2.24, 2.45) is 5.73 Å². The van der Waals surface area contributed by atoms with Gasteiger partial charge in [-0.2, -0.15) is 0 Å². The highest BCUT2D eigenvalue weighted by molar-refractivity contribution is 6.04. The van der Waals surface area contributed by atoms with E-state index in [0.717, 1.165) is 0 Å². The van der Waals surface area contributed by atoms with Gasteiger partial charge in [0, 0.05) is 24.4 Å². The van der Waals surface area contributed by atoms with Gasteiger partial charge < -0.3 is 15.4 Å². The lowest BCUT2D eigenvalue weighted by Gasteiger charge is -2.17. The zero-order chi connectivity index (χ0) is 12.4. The Hall–Kier alpha value is -1.46. The monoisotopic (exact) mass is 238 g/mol.